The summed E-state index contributed by atoms with van der Waals surface area (Å²) in [4.78, 5) is 12.9. The number of amides is 1. The predicted molar refractivity (Wildman–Crippen MR) is 89.7 cm³/mol. The highest BCUT2D eigenvalue weighted by atomic mass is 16.7. The van der Waals surface area contributed by atoms with E-state index in [4.69, 9.17) is 14.2 Å². The molecule has 0 unspecified atom stereocenters. The van der Waals surface area contributed by atoms with Gasteiger partial charge < -0.3 is 19.5 Å². The lowest BCUT2D eigenvalue weighted by molar-refractivity contribution is -0.118. The lowest BCUT2D eigenvalue weighted by atomic mass is 9.94. The maximum atomic E-state index is 12.9. The van der Waals surface area contributed by atoms with E-state index in [2.05, 4.69) is 5.32 Å². The van der Waals surface area contributed by atoms with Gasteiger partial charge in [-0.2, -0.15) is 0 Å². The van der Waals surface area contributed by atoms with Crippen LogP contribution in [0.3, 0.4) is 0 Å². The Labute approximate surface area is 140 Å². The molecule has 124 valence electrons. The van der Waals surface area contributed by atoms with E-state index in [0.717, 1.165) is 24.2 Å². The molecule has 5 nitrogen and oxygen atoms in total. The number of ether oxygens (including phenoxy) is 3. The van der Waals surface area contributed by atoms with Crippen molar-refractivity contribution >= 4 is 11.6 Å². The van der Waals surface area contributed by atoms with Crippen molar-refractivity contribution < 1.29 is 19.0 Å². The zero-order chi connectivity index (χ0) is 16.6. The van der Waals surface area contributed by atoms with E-state index in [-0.39, 0.29) is 12.7 Å². The Morgan fingerprint density at radius 2 is 1.96 bits per heavy atom. The number of benzene rings is 2. The van der Waals surface area contributed by atoms with Crippen LogP contribution in [0.4, 0.5) is 5.69 Å². The highest BCUT2D eigenvalue weighted by molar-refractivity contribution is 6.02. The molecule has 4 rings (SSSR count). The van der Waals surface area contributed by atoms with E-state index >= 15 is 0 Å². The van der Waals surface area contributed by atoms with Gasteiger partial charge in [-0.3, -0.25) is 4.79 Å². The Bertz CT molecular complexity index is 783. The second-order valence-corrected chi connectivity index (χ2v) is 6.03. The molecule has 1 fully saturated rings. The number of hydrogen-bond acceptors (Lipinski definition) is 4. The van der Waals surface area contributed by atoms with Gasteiger partial charge in [-0.15, -0.1) is 0 Å². The van der Waals surface area contributed by atoms with Crippen molar-refractivity contribution in [2.24, 2.45) is 0 Å². The van der Waals surface area contributed by atoms with E-state index in [1.807, 2.05) is 49.4 Å². The largest absolute Gasteiger partial charge is 0.492 e. The summed E-state index contributed by atoms with van der Waals surface area (Å²) in [5, 5.41) is 3.03. The van der Waals surface area contributed by atoms with Gasteiger partial charge in [-0.25, -0.2) is 0 Å². The maximum absolute atomic E-state index is 12.9. The molecule has 2 aromatic rings. The van der Waals surface area contributed by atoms with Crippen LogP contribution in [0.25, 0.3) is 0 Å². The van der Waals surface area contributed by atoms with Crippen molar-refractivity contribution in [3.63, 3.8) is 0 Å². The maximum Gasteiger partial charge on any atom is 0.235 e. The summed E-state index contributed by atoms with van der Waals surface area (Å²) in [7, 11) is 0. The average Bonchev–Trinajstić information content (AvgIpc) is 3.28. The Hall–Kier alpha value is -2.69. The minimum Gasteiger partial charge on any atom is -0.492 e. The third-order valence-corrected chi connectivity index (χ3v) is 4.54. The molecule has 0 bridgehead atoms. The van der Waals surface area contributed by atoms with Crippen molar-refractivity contribution in [3.05, 3.63) is 48.0 Å². The van der Waals surface area contributed by atoms with Crippen LogP contribution < -0.4 is 19.5 Å². The third kappa shape index (κ3) is 2.46. The number of carbonyl (C=O) groups excluding carboxylic acids is 1. The minimum atomic E-state index is -0.486. The normalized spacial score (nSPS) is 16.5. The van der Waals surface area contributed by atoms with E-state index in [0.29, 0.717) is 23.8 Å². The van der Waals surface area contributed by atoms with Crippen LogP contribution in [0.1, 0.15) is 25.3 Å². The second-order valence-electron chi connectivity index (χ2n) is 6.03. The van der Waals surface area contributed by atoms with E-state index in [1.165, 1.54) is 0 Å². The van der Waals surface area contributed by atoms with Gasteiger partial charge in [0.15, 0.2) is 11.5 Å². The van der Waals surface area contributed by atoms with Gasteiger partial charge in [0.2, 0.25) is 12.7 Å². The van der Waals surface area contributed by atoms with E-state index in [9.17, 15) is 4.79 Å². The zero-order valence-electron chi connectivity index (χ0n) is 13.5. The fraction of sp³-hybridized carbons (Fsp3) is 0.316. The zero-order valence-corrected chi connectivity index (χ0v) is 13.5. The first kappa shape index (κ1) is 14.9. The summed E-state index contributed by atoms with van der Waals surface area (Å²) in [6.07, 6.45) is 1.66. The monoisotopic (exact) mass is 325 g/mol. The first-order chi connectivity index (χ1) is 11.7. The molecule has 0 aromatic heterocycles. The van der Waals surface area contributed by atoms with Crippen molar-refractivity contribution in [1.29, 1.82) is 0 Å². The van der Waals surface area contributed by atoms with Crippen LogP contribution in [-0.2, 0) is 10.2 Å². The number of carbonyl (C=O) groups is 1. The SMILES string of the molecule is CCOc1ccccc1NC(=O)C1(c2ccc3c(c2)OCO3)CC1. The number of anilines is 1. The van der Waals surface area contributed by atoms with Gasteiger partial charge in [0.1, 0.15) is 5.75 Å². The van der Waals surface area contributed by atoms with Gasteiger partial charge in [0, 0.05) is 0 Å². The fourth-order valence-electron chi connectivity index (χ4n) is 3.06. The summed E-state index contributed by atoms with van der Waals surface area (Å²) in [5.41, 5.74) is 1.19. The van der Waals surface area contributed by atoms with E-state index < -0.39 is 5.41 Å². The molecule has 2 aromatic carbocycles. The minimum absolute atomic E-state index is 0.00600. The number of nitrogens with one attached hydrogen (secondary N) is 1. The molecule has 24 heavy (non-hydrogen) atoms. The molecule has 0 atom stereocenters. The van der Waals surface area contributed by atoms with Crippen LogP contribution in [-0.4, -0.2) is 19.3 Å². The Morgan fingerprint density at radius 1 is 1.17 bits per heavy atom. The highest BCUT2D eigenvalue weighted by Gasteiger charge is 2.51. The Morgan fingerprint density at radius 3 is 2.75 bits per heavy atom. The molecule has 0 radical (unpaired) electrons. The standard InChI is InChI=1S/C19H19NO4/c1-2-22-15-6-4-3-5-14(15)20-18(21)19(9-10-19)13-7-8-16-17(11-13)24-12-23-16/h3-8,11H,2,9-10,12H2,1H3,(H,20,21). The van der Waals surface area contributed by atoms with Gasteiger partial charge >= 0.3 is 0 Å². The smallest absolute Gasteiger partial charge is 0.235 e. The van der Waals surface area contributed by atoms with Crippen LogP contribution in [0, 0.1) is 0 Å². The number of hydrogen-bond donors (Lipinski definition) is 1. The summed E-state index contributed by atoms with van der Waals surface area (Å²) < 4.78 is 16.4. The lowest BCUT2D eigenvalue weighted by Gasteiger charge is -2.18. The Balaban J connectivity index is 1.58. The molecular weight excluding hydrogens is 306 g/mol. The van der Waals surface area contributed by atoms with Gasteiger partial charge in [0.25, 0.3) is 0 Å². The molecule has 0 saturated heterocycles. The third-order valence-electron chi connectivity index (χ3n) is 4.54. The summed E-state index contributed by atoms with van der Waals surface area (Å²) in [6, 6.07) is 13.2. The fourth-order valence-corrected chi connectivity index (χ4v) is 3.06. The lowest BCUT2D eigenvalue weighted by Crippen LogP contribution is -2.28. The van der Waals surface area contributed by atoms with Crippen LogP contribution in [0.2, 0.25) is 0 Å². The molecule has 1 saturated carbocycles. The average molecular weight is 325 g/mol. The van der Waals surface area contributed by atoms with Gasteiger partial charge in [0.05, 0.1) is 17.7 Å². The molecule has 1 aliphatic heterocycles. The molecule has 1 N–H and O–H groups in total. The number of fused-ring (bicyclic) bond motifs is 1. The van der Waals surface area contributed by atoms with Gasteiger partial charge in [-0.05, 0) is 49.6 Å². The molecule has 0 spiro atoms. The van der Waals surface area contributed by atoms with E-state index in [1.54, 1.807) is 0 Å². The summed E-state index contributed by atoms with van der Waals surface area (Å²) in [6.45, 7) is 2.72. The van der Waals surface area contributed by atoms with Crippen LogP contribution in [0.15, 0.2) is 42.5 Å². The number of para-hydroxylation sites is 2. The van der Waals surface area contributed by atoms with Crippen molar-refractivity contribution in [3.8, 4) is 17.2 Å². The highest BCUT2D eigenvalue weighted by Crippen LogP contribution is 2.51. The first-order valence-electron chi connectivity index (χ1n) is 8.16. The topological polar surface area (TPSA) is 56.8 Å². The molecule has 1 heterocycles. The van der Waals surface area contributed by atoms with Crippen LogP contribution in [0.5, 0.6) is 17.2 Å². The molecule has 5 heteroatoms. The molecular formula is C19H19NO4. The predicted octanol–water partition coefficient (Wildman–Crippen LogP) is 3.48. The number of rotatable bonds is 5. The molecule has 1 amide bonds. The van der Waals surface area contributed by atoms with Crippen LogP contribution >= 0.6 is 0 Å². The van der Waals surface area contributed by atoms with Crippen molar-refractivity contribution in [2.45, 2.75) is 25.2 Å². The second kappa shape index (κ2) is 5.74. The van der Waals surface area contributed by atoms with Gasteiger partial charge in [-0.1, -0.05) is 18.2 Å². The first-order valence-corrected chi connectivity index (χ1v) is 8.16. The van der Waals surface area contributed by atoms with Crippen molar-refractivity contribution in [1.82, 2.24) is 0 Å². The summed E-state index contributed by atoms with van der Waals surface area (Å²) >= 11 is 0. The Kier molecular flexibility index (Phi) is 3.56. The molecule has 2 aliphatic rings. The van der Waals surface area contributed by atoms with Crippen molar-refractivity contribution in [2.75, 3.05) is 18.7 Å². The molecule has 1 aliphatic carbocycles. The summed E-state index contributed by atoms with van der Waals surface area (Å²) in [5.74, 6) is 2.13. The quantitative estimate of drug-likeness (QED) is 0.914.